The van der Waals surface area contributed by atoms with E-state index in [-0.39, 0.29) is 11.8 Å². The van der Waals surface area contributed by atoms with Crippen molar-refractivity contribution in [3.63, 3.8) is 0 Å². The van der Waals surface area contributed by atoms with Gasteiger partial charge < -0.3 is 10.1 Å². The highest BCUT2D eigenvalue weighted by atomic mass is 16.5. The zero-order valence-electron chi connectivity index (χ0n) is 14.0. The molecular formula is C20H19N3O2. The van der Waals surface area contributed by atoms with Crippen LogP contribution in [0.2, 0.25) is 0 Å². The number of hydrogen-bond acceptors (Lipinski definition) is 3. The molecule has 1 aliphatic heterocycles. The summed E-state index contributed by atoms with van der Waals surface area (Å²) in [5.41, 5.74) is 3.05. The van der Waals surface area contributed by atoms with Crippen molar-refractivity contribution < 1.29 is 9.53 Å². The molecule has 0 saturated heterocycles. The number of carbonyl (C=O) groups is 1. The van der Waals surface area contributed by atoms with Crippen LogP contribution in [0.3, 0.4) is 0 Å². The Bertz CT molecular complexity index is 885. The lowest BCUT2D eigenvalue weighted by Crippen LogP contribution is -2.24. The minimum atomic E-state index is -0.00288. The number of benzene rings is 2. The quantitative estimate of drug-likeness (QED) is 0.791. The van der Waals surface area contributed by atoms with Crippen molar-refractivity contribution in [2.24, 2.45) is 0 Å². The van der Waals surface area contributed by atoms with Crippen LogP contribution in [0.1, 0.15) is 30.4 Å². The molecule has 0 aliphatic carbocycles. The molecule has 1 aromatic heterocycles. The van der Waals surface area contributed by atoms with Gasteiger partial charge in [-0.2, -0.15) is 5.10 Å². The lowest BCUT2D eigenvalue weighted by Gasteiger charge is -2.24. The third-order valence-corrected chi connectivity index (χ3v) is 4.41. The summed E-state index contributed by atoms with van der Waals surface area (Å²) < 4.78 is 7.29. The molecule has 0 spiro atoms. The summed E-state index contributed by atoms with van der Waals surface area (Å²) in [6.07, 6.45) is 2.27. The number of para-hydroxylation sites is 1. The molecule has 1 amide bonds. The maximum atomic E-state index is 12.3. The van der Waals surface area contributed by atoms with E-state index in [0.29, 0.717) is 13.0 Å². The lowest BCUT2D eigenvalue weighted by molar-refractivity contribution is -0.116. The Morgan fingerprint density at radius 3 is 2.64 bits per heavy atom. The van der Waals surface area contributed by atoms with Crippen LogP contribution in [0.25, 0.3) is 5.69 Å². The molecule has 2 aromatic carbocycles. The first-order chi connectivity index (χ1) is 12.3. The minimum Gasteiger partial charge on any atom is -0.494 e. The van der Waals surface area contributed by atoms with Crippen LogP contribution in [0, 0.1) is 0 Å². The zero-order valence-corrected chi connectivity index (χ0v) is 14.0. The van der Waals surface area contributed by atoms with Gasteiger partial charge in [-0.1, -0.05) is 30.3 Å². The average molecular weight is 333 g/mol. The average Bonchev–Trinajstić information content (AvgIpc) is 3.06. The molecule has 0 bridgehead atoms. The fourth-order valence-corrected chi connectivity index (χ4v) is 3.25. The number of nitrogens with zero attached hydrogens (tertiary/aromatic N) is 2. The van der Waals surface area contributed by atoms with Gasteiger partial charge >= 0.3 is 0 Å². The van der Waals surface area contributed by atoms with Gasteiger partial charge in [0.2, 0.25) is 5.91 Å². The number of anilines is 1. The molecule has 4 rings (SSSR count). The predicted molar refractivity (Wildman–Crippen MR) is 96.3 cm³/mol. The van der Waals surface area contributed by atoms with Crippen LogP contribution in [-0.4, -0.2) is 22.3 Å². The van der Waals surface area contributed by atoms with E-state index in [1.807, 2.05) is 67.7 Å². The van der Waals surface area contributed by atoms with Gasteiger partial charge in [0, 0.05) is 17.9 Å². The molecule has 0 fully saturated rings. The van der Waals surface area contributed by atoms with E-state index in [4.69, 9.17) is 4.74 Å². The summed E-state index contributed by atoms with van der Waals surface area (Å²) in [7, 11) is 0. The van der Waals surface area contributed by atoms with Crippen LogP contribution in [0.15, 0.2) is 60.8 Å². The Morgan fingerprint density at radius 2 is 1.92 bits per heavy atom. The van der Waals surface area contributed by atoms with E-state index in [2.05, 4.69) is 10.4 Å². The van der Waals surface area contributed by atoms with Crippen LogP contribution in [0.4, 0.5) is 5.82 Å². The monoisotopic (exact) mass is 333 g/mol. The maximum absolute atomic E-state index is 12.3. The summed E-state index contributed by atoms with van der Waals surface area (Å²) in [5.74, 6) is 1.59. The van der Waals surface area contributed by atoms with E-state index >= 15 is 0 Å². The fourth-order valence-electron chi connectivity index (χ4n) is 3.25. The Morgan fingerprint density at radius 1 is 1.16 bits per heavy atom. The number of ether oxygens (including phenoxy) is 1. The zero-order chi connectivity index (χ0) is 17.2. The van der Waals surface area contributed by atoms with Crippen LogP contribution in [-0.2, 0) is 4.79 Å². The van der Waals surface area contributed by atoms with Crippen molar-refractivity contribution >= 4 is 11.7 Å². The molecular weight excluding hydrogens is 314 g/mol. The van der Waals surface area contributed by atoms with Gasteiger partial charge in [0.25, 0.3) is 0 Å². The van der Waals surface area contributed by atoms with Crippen molar-refractivity contribution in [1.29, 1.82) is 0 Å². The lowest BCUT2D eigenvalue weighted by atomic mass is 9.87. The topological polar surface area (TPSA) is 56.1 Å². The molecule has 5 heteroatoms. The number of aromatic nitrogens is 2. The van der Waals surface area contributed by atoms with Gasteiger partial charge in [-0.05, 0) is 36.8 Å². The summed E-state index contributed by atoms with van der Waals surface area (Å²) in [5, 5.41) is 7.48. The van der Waals surface area contributed by atoms with Crippen molar-refractivity contribution in [2.75, 3.05) is 11.9 Å². The van der Waals surface area contributed by atoms with Gasteiger partial charge in [-0.3, -0.25) is 4.79 Å². The van der Waals surface area contributed by atoms with E-state index < -0.39 is 0 Å². The van der Waals surface area contributed by atoms with Crippen LogP contribution < -0.4 is 10.1 Å². The molecule has 0 radical (unpaired) electrons. The maximum Gasteiger partial charge on any atom is 0.226 e. The minimum absolute atomic E-state index is 0.00288. The van der Waals surface area contributed by atoms with Gasteiger partial charge in [0.05, 0.1) is 18.5 Å². The number of fused-ring (bicyclic) bond motifs is 1. The van der Waals surface area contributed by atoms with Gasteiger partial charge in [-0.15, -0.1) is 0 Å². The van der Waals surface area contributed by atoms with Crippen molar-refractivity contribution in [2.45, 2.75) is 19.3 Å². The molecule has 0 saturated carbocycles. The van der Waals surface area contributed by atoms with Gasteiger partial charge in [0.1, 0.15) is 11.6 Å². The first kappa shape index (κ1) is 15.4. The van der Waals surface area contributed by atoms with Crippen LogP contribution in [0.5, 0.6) is 5.75 Å². The Hall–Kier alpha value is -3.08. The third-order valence-electron chi connectivity index (χ3n) is 4.41. The second-order valence-corrected chi connectivity index (χ2v) is 6.00. The Kier molecular flexibility index (Phi) is 3.98. The summed E-state index contributed by atoms with van der Waals surface area (Å²) >= 11 is 0. The highest BCUT2D eigenvalue weighted by Crippen LogP contribution is 2.38. The summed E-state index contributed by atoms with van der Waals surface area (Å²) in [6, 6.07) is 17.8. The fraction of sp³-hybridized carbons (Fsp3) is 0.200. The van der Waals surface area contributed by atoms with E-state index in [9.17, 15) is 4.79 Å². The molecule has 1 N–H and O–H groups in total. The van der Waals surface area contributed by atoms with Gasteiger partial charge in [0.15, 0.2) is 0 Å². The number of amides is 1. The summed E-state index contributed by atoms with van der Waals surface area (Å²) in [4.78, 5) is 12.3. The highest BCUT2D eigenvalue weighted by molar-refractivity contribution is 5.94. The largest absolute Gasteiger partial charge is 0.494 e. The number of carbonyl (C=O) groups excluding carboxylic acids is 1. The van der Waals surface area contributed by atoms with Crippen molar-refractivity contribution in [1.82, 2.24) is 9.78 Å². The van der Waals surface area contributed by atoms with Crippen LogP contribution >= 0.6 is 0 Å². The molecule has 3 aromatic rings. The Labute approximate surface area is 146 Å². The van der Waals surface area contributed by atoms with Gasteiger partial charge in [-0.25, -0.2) is 4.68 Å². The first-order valence-electron chi connectivity index (χ1n) is 8.42. The molecule has 25 heavy (non-hydrogen) atoms. The number of hydrogen-bond donors (Lipinski definition) is 1. The van der Waals surface area contributed by atoms with Crippen molar-refractivity contribution in [3.05, 3.63) is 71.9 Å². The molecule has 1 aliphatic rings. The standard InChI is InChI=1S/C20H19N3O2/c1-2-25-16-10-8-14(9-11-16)17-12-19(24)22-20-18(17)13-21-23(20)15-6-4-3-5-7-15/h3-11,13,17H,2,12H2,1H3,(H,22,24)/t17-/m0/s1. The molecule has 5 nitrogen and oxygen atoms in total. The van der Waals surface area contributed by atoms with Crippen molar-refractivity contribution in [3.8, 4) is 11.4 Å². The first-order valence-corrected chi connectivity index (χ1v) is 8.42. The van der Waals surface area contributed by atoms with E-state index in [1.165, 1.54) is 0 Å². The van der Waals surface area contributed by atoms with E-state index in [1.54, 1.807) is 4.68 Å². The SMILES string of the molecule is CCOc1ccc([C@@H]2CC(=O)Nc3c2cnn3-c2ccccc2)cc1. The molecule has 1 atom stereocenters. The normalized spacial score (nSPS) is 16.2. The third kappa shape index (κ3) is 2.89. The highest BCUT2D eigenvalue weighted by Gasteiger charge is 2.30. The molecule has 126 valence electrons. The molecule has 2 heterocycles. The number of rotatable bonds is 4. The number of nitrogens with one attached hydrogen (secondary N) is 1. The summed E-state index contributed by atoms with van der Waals surface area (Å²) in [6.45, 7) is 2.60. The molecule has 0 unspecified atom stereocenters. The van der Waals surface area contributed by atoms with E-state index in [0.717, 1.165) is 28.4 Å². The predicted octanol–water partition coefficient (Wildman–Crippen LogP) is 3.75. The smallest absolute Gasteiger partial charge is 0.226 e. The second kappa shape index (κ2) is 6.43. The second-order valence-electron chi connectivity index (χ2n) is 6.00. The Balaban J connectivity index is 1.73.